The van der Waals surface area contributed by atoms with Gasteiger partial charge in [0.25, 0.3) is 0 Å². The molecule has 0 amide bonds. The summed E-state index contributed by atoms with van der Waals surface area (Å²) in [6.45, 7) is 0.413. The van der Waals surface area contributed by atoms with E-state index in [-0.39, 0.29) is 13.2 Å². The Morgan fingerprint density at radius 1 is 0.500 bits per heavy atom. The van der Waals surface area contributed by atoms with Crippen LogP contribution in [0.3, 0.4) is 0 Å². The van der Waals surface area contributed by atoms with Gasteiger partial charge in [-0.25, -0.2) is 0 Å². The molecule has 0 fully saturated rings. The molecule has 0 N–H and O–H groups in total. The van der Waals surface area contributed by atoms with E-state index in [9.17, 15) is 4.21 Å². The topological polar surface area (TPSA) is 35.5 Å². The van der Waals surface area contributed by atoms with E-state index in [1.165, 1.54) is 0 Å². The van der Waals surface area contributed by atoms with Crippen molar-refractivity contribution in [3.8, 4) is 22.3 Å². The van der Waals surface area contributed by atoms with Crippen molar-refractivity contribution in [3.05, 3.63) is 120 Å². The van der Waals surface area contributed by atoms with Crippen LogP contribution in [0, 0.1) is 0 Å². The van der Waals surface area contributed by atoms with Gasteiger partial charge in [-0.1, -0.05) is 109 Å². The Morgan fingerprint density at radius 3 is 1.30 bits per heavy atom. The zero-order valence-electron chi connectivity index (χ0n) is 16.4. The lowest BCUT2D eigenvalue weighted by atomic mass is 10.0. The molecule has 0 aliphatic rings. The zero-order chi connectivity index (χ0) is 20.6. The van der Waals surface area contributed by atoms with Crippen molar-refractivity contribution in [1.82, 2.24) is 0 Å². The summed E-state index contributed by atoms with van der Waals surface area (Å²) in [6, 6.07) is 36.1. The predicted molar refractivity (Wildman–Crippen MR) is 121 cm³/mol. The minimum absolute atomic E-state index is 0.206. The van der Waals surface area contributed by atoms with E-state index in [0.29, 0.717) is 0 Å². The summed E-state index contributed by atoms with van der Waals surface area (Å²) in [4.78, 5) is 0. The average Bonchev–Trinajstić information content (AvgIpc) is 2.83. The van der Waals surface area contributed by atoms with Crippen LogP contribution in [-0.4, -0.2) is 4.21 Å². The molecule has 30 heavy (non-hydrogen) atoms. The van der Waals surface area contributed by atoms with Crippen LogP contribution in [0.1, 0.15) is 11.1 Å². The summed E-state index contributed by atoms with van der Waals surface area (Å²) in [5.74, 6) is 0. The third kappa shape index (κ3) is 5.10. The van der Waals surface area contributed by atoms with Crippen molar-refractivity contribution in [2.75, 3.05) is 0 Å². The molecule has 0 saturated carbocycles. The molecule has 4 aromatic rings. The Labute approximate surface area is 179 Å². The molecule has 4 aromatic carbocycles. The van der Waals surface area contributed by atoms with Gasteiger partial charge >= 0.3 is 11.4 Å². The van der Waals surface area contributed by atoms with Crippen LogP contribution in [-0.2, 0) is 32.9 Å². The second-order valence-electron chi connectivity index (χ2n) is 6.77. The second-order valence-corrected chi connectivity index (χ2v) is 7.65. The van der Waals surface area contributed by atoms with Crippen LogP contribution >= 0.6 is 0 Å². The Kier molecular flexibility index (Phi) is 6.83. The molecular weight excluding hydrogens is 392 g/mol. The van der Waals surface area contributed by atoms with Gasteiger partial charge in [-0.3, -0.25) is 8.37 Å². The fourth-order valence-electron chi connectivity index (χ4n) is 3.35. The lowest BCUT2D eigenvalue weighted by Gasteiger charge is -2.11. The quantitative estimate of drug-likeness (QED) is 0.338. The highest BCUT2D eigenvalue weighted by Crippen LogP contribution is 2.26. The molecule has 0 aliphatic carbocycles. The summed E-state index contributed by atoms with van der Waals surface area (Å²) < 4.78 is 23.4. The lowest BCUT2D eigenvalue weighted by Crippen LogP contribution is -2.04. The van der Waals surface area contributed by atoms with E-state index in [4.69, 9.17) is 8.37 Å². The third-order valence-electron chi connectivity index (χ3n) is 4.83. The van der Waals surface area contributed by atoms with Gasteiger partial charge in [0.2, 0.25) is 0 Å². The molecule has 0 heterocycles. The molecule has 0 bridgehead atoms. The Morgan fingerprint density at radius 2 is 0.867 bits per heavy atom. The number of rotatable bonds is 8. The minimum Gasteiger partial charge on any atom is -0.264 e. The van der Waals surface area contributed by atoms with Crippen molar-refractivity contribution in [3.63, 3.8) is 0 Å². The highest BCUT2D eigenvalue weighted by Gasteiger charge is 2.10. The average molecular weight is 415 g/mol. The summed E-state index contributed by atoms with van der Waals surface area (Å²) in [6.07, 6.45) is 0. The molecule has 0 saturated heterocycles. The van der Waals surface area contributed by atoms with E-state index < -0.39 is 11.4 Å². The van der Waals surface area contributed by atoms with Gasteiger partial charge in [0, 0.05) is 0 Å². The van der Waals surface area contributed by atoms with Gasteiger partial charge in [-0.15, -0.1) is 0 Å². The second kappa shape index (κ2) is 10.1. The van der Waals surface area contributed by atoms with Crippen LogP contribution in [0.25, 0.3) is 22.3 Å². The van der Waals surface area contributed by atoms with E-state index in [0.717, 1.165) is 33.4 Å². The lowest BCUT2D eigenvalue weighted by molar-refractivity contribution is 0.237. The summed E-state index contributed by atoms with van der Waals surface area (Å²) >= 11 is -1.85. The molecular formula is C26H22O3S. The van der Waals surface area contributed by atoms with Crippen LogP contribution in [0.4, 0.5) is 0 Å². The first kappa shape index (κ1) is 20.2. The monoisotopic (exact) mass is 414 g/mol. The molecule has 0 spiro atoms. The highest BCUT2D eigenvalue weighted by molar-refractivity contribution is 7.75. The first-order chi connectivity index (χ1) is 14.8. The summed E-state index contributed by atoms with van der Waals surface area (Å²) in [7, 11) is 0. The molecule has 4 rings (SSSR count). The van der Waals surface area contributed by atoms with Crippen molar-refractivity contribution in [2.24, 2.45) is 0 Å². The molecule has 0 atom stereocenters. The van der Waals surface area contributed by atoms with Gasteiger partial charge in [-0.05, 0) is 33.4 Å². The van der Waals surface area contributed by atoms with Crippen LogP contribution in [0.15, 0.2) is 109 Å². The maximum absolute atomic E-state index is 12.4. The fourth-order valence-corrected chi connectivity index (χ4v) is 3.86. The summed E-state index contributed by atoms with van der Waals surface area (Å²) in [5.41, 5.74) is 6.24. The molecule has 3 nitrogen and oxygen atoms in total. The van der Waals surface area contributed by atoms with Gasteiger partial charge in [-0.2, -0.15) is 4.21 Å². The minimum atomic E-state index is -1.85. The largest absolute Gasteiger partial charge is 0.305 e. The third-order valence-corrected chi connectivity index (χ3v) is 5.45. The van der Waals surface area contributed by atoms with Crippen LogP contribution in [0.2, 0.25) is 0 Å². The number of hydrogen-bond donors (Lipinski definition) is 0. The van der Waals surface area contributed by atoms with E-state index in [1.54, 1.807) is 0 Å². The molecule has 4 heteroatoms. The van der Waals surface area contributed by atoms with Gasteiger partial charge in [0.1, 0.15) is 0 Å². The maximum atomic E-state index is 12.4. The smallest absolute Gasteiger partial charge is 0.264 e. The predicted octanol–water partition coefficient (Wildman–Crippen LogP) is 6.33. The molecule has 150 valence electrons. The summed E-state index contributed by atoms with van der Waals surface area (Å²) in [5, 5.41) is 0. The molecule has 0 aliphatic heterocycles. The van der Waals surface area contributed by atoms with Gasteiger partial charge in [0.15, 0.2) is 0 Å². The number of hydrogen-bond acceptors (Lipinski definition) is 3. The van der Waals surface area contributed by atoms with Crippen molar-refractivity contribution < 1.29 is 12.6 Å². The molecule has 0 aromatic heterocycles. The Balaban J connectivity index is 1.40. The van der Waals surface area contributed by atoms with Crippen LogP contribution < -0.4 is 0 Å². The number of benzene rings is 4. The van der Waals surface area contributed by atoms with E-state index in [2.05, 4.69) is 0 Å². The maximum Gasteiger partial charge on any atom is 0.305 e. The normalized spacial score (nSPS) is 11.0. The first-order valence-electron chi connectivity index (χ1n) is 9.76. The van der Waals surface area contributed by atoms with Crippen molar-refractivity contribution >= 4 is 11.4 Å². The van der Waals surface area contributed by atoms with Gasteiger partial charge < -0.3 is 0 Å². The SMILES string of the molecule is O=S(OCc1ccccc1-c1ccccc1)OCc1ccccc1-c1ccccc1. The van der Waals surface area contributed by atoms with Crippen molar-refractivity contribution in [2.45, 2.75) is 13.2 Å². The zero-order valence-corrected chi connectivity index (χ0v) is 17.3. The molecule has 0 unspecified atom stereocenters. The fraction of sp³-hybridized carbons (Fsp3) is 0.0769. The highest BCUT2D eigenvalue weighted by atomic mass is 32.2. The van der Waals surface area contributed by atoms with Crippen molar-refractivity contribution in [1.29, 1.82) is 0 Å². The van der Waals surface area contributed by atoms with Gasteiger partial charge in [0.05, 0.1) is 13.2 Å². The Bertz CT molecular complexity index is 1020. The van der Waals surface area contributed by atoms with E-state index in [1.807, 2.05) is 109 Å². The molecule has 0 radical (unpaired) electrons. The Hall–Kier alpha value is -3.05. The standard InChI is InChI=1S/C26H22O3S/c27-30(28-19-23-15-7-9-17-25(23)21-11-3-1-4-12-21)29-20-24-16-8-10-18-26(24)22-13-5-2-6-14-22/h1-18H,19-20H2. The first-order valence-corrected chi connectivity index (χ1v) is 10.8. The van der Waals surface area contributed by atoms with Crippen LogP contribution in [0.5, 0.6) is 0 Å². The van der Waals surface area contributed by atoms with E-state index >= 15 is 0 Å².